The first-order valence-electron chi connectivity index (χ1n) is 6.49. The maximum absolute atomic E-state index is 11.0. The number of benzene rings is 1. The Kier molecular flexibility index (Phi) is 4.56. The van der Waals surface area contributed by atoms with Gasteiger partial charge in [0.15, 0.2) is 0 Å². The molecule has 0 saturated carbocycles. The molecule has 1 amide bonds. The van der Waals surface area contributed by atoms with E-state index in [1.165, 1.54) is 0 Å². The van der Waals surface area contributed by atoms with Crippen molar-refractivity contribution in [2.45, 2.75) is 12.5 Å². The molecule has 0 aliphatic carbocycles. The highest BCUT2D eigenvalue weighted by Gasteiger charge is 2.16. The maximum Gasteiger partial charge on any atom is 0.405 e. The van der Waals surface area contributed by atoms with Gasteiger partial charge in [-0.2, -0.15) is 0 Å². The predicted molar refractivity (Wildman–Crippen MR) is 82.3 cm³/mol. The number of anilines is 1. The van der Waals surface area contributed by atoms with Crippen molar-refractivity contribution in [3.05, 3.63) is 60.9 Å². The van der Waals surface area contributed by atoms with E-state index in [1.54, 1.807) is 12.3 Å². The molecule has 1 unspecified atom stereocenters. The Hall–Kier alpha value is -2.82. The molecule has 5 nitrogen and oxygen atoms in total. The lowest BCUT2D eigenvalue weighted by atomic mass is 10.0. The van der Waals surface area contributed by atoms with Crippen LogP contribution in [0.2, 0.25) is 0 Å². The Morgan fingerprint density at radius 1 is 1.38 bits per heavy atom. The summed E-state index contributed by atoms with van der Waals surface area (Å²) in [6.45, 7) is 3.65. The minimum atomic E-state index is -0.840. The van der Waals surface area contributed by atoms with E-state index in [0.717, 1.165) is 11.1 Å². The van der Waals surface area contributed by atoms with Crippen molar-refractivity contribution in [3.8, 4) is 11.1 Å². The van der Waals surface area contributed by atoms with E-state index in [2.05, 4.69) is 11.6 Å². The van der Waals surface area contributed by atoms with E-state index < -0.39 is 12.2 Å². The van der Waals surface area contributed by atoms with Crippen LogP contribution in [0.15, 0.2) is 55.3 Å². The molecular weight excluding hydrogens is 266 g/mol. The molecule has 2 rings (SSSR count). The normalized spacial score (nSPS) is 11.6. The number of ether oxygens (including phenoxy) is 1. The molecule has 0 aliphatic heterocycles. The van der Waals surface area contributed by atoms with E-state index in [9.17, 15) is 4.79 Å². The van der Waals surface area contributed by atoms with Gasteiger partial charge in [0.1, 0.15) is 6.10 Å². The van der Waals surface area contributed by atoms with Crippen molar-refractivity contribution in [1.29, 1.82) is 0 Å². The molecule has 0 aliphatic rings. The summed E-state index contributed by atoms with van der Waals surface area (Å²) in [6.07, 6.45) is 2.35. The fraction of sp³-hybridized carbons (Fsp3) is 0.125. The summed E-state index contributed by atoms with van der Waals surface area (Å²) in [4.78, 5) is 15.2. The first-order chi connectivity index (χ1) is 10.1. The van der Waals surface area contributed by atoms with Crippen LogP contribution in [0.1, 0.15) is 18.2 Å². The van der Waals surface area contributed by atoms with E-state index >= 15 is 0 Å². The smallest absolute Gasteiger partial charge is 0.405 e. The van der Waals surface area contributed by atoms with Crippen LogP contribution in [0.5, 0.6) is 0 Å². The molecule has 0 bridgehead atoms. The summed E-state index contributed by atoms with van der Waals surface area (Å²) in [7, 11) is 0. The number of nitrogens with two attached hydrogens (primary N) is 2. The van der Waals surface area contributed by atoms with Gasteiger partial charge in [-0.15, -0.1) is 6.58 Å². The van der Waals surface area contributed by atoms with Gasteiger partial charge in [-0.1, -0.05) is 24.3 Å². The summed E-state index contributed by atoms with van der Waals surface area (Å²) in [5, 5.41) is 0. The zero-order valence-electron chi connectivity index (χ0n) is 11.5. The molecule has 108 valence electrons. The van der Waals surface area contributed by atoms with Gasteiger partial charge in [0.25, 0.3) is 0 Å². The van der Waals surface area contributed by atoms with Crippen LogP contribution in [0, 0.1) is 0 Å². The summed E-state index contributed by atoms with van der Waals surface area (Å²) in [5.74, 6) is 0. The van der Waals surface area contributed by atoms with Crippen LogP contribution in [0.4, 0.5) is 10.5 Å². The summed E-state index contributed by atoms with van der Waals surface area (Å²) in [5.41, 5.74) is 14.1. The SMILES string of the molecule is C=CCC(OC(N)=O)c1cc(-c2ccccc2N)ccn1. The Morgan fingerprint density at radius 2 is 2.14 bits per heavy atom. The molecule has 2 aromatic rings. The number of amides is 1. The molecular formula is C16H17N3O2. The van der Waals surface area contributed by atoms with Gasteiger partial charge in [-0.05, 0) is 23.8 Å². The number of aromatic nitrogens is 1. The van der Waals surface area contributed by atoms with Crippen molar-refractivity contribution < 1.29 is 9.53 Å². The fourth-order valence-electron chi connectivity index (χ4n) is 2.07. The van der Waals surface area contributed by atoms with E-state index in [1.807, 2.05) is 36.4 Å². The highest BCUT2D eigenvalue weighted by Crippen LogP contribution is 2.28. The number of para-hydroxylation sites is 1. The Balaban J connectivity index is 2.38. The minimum Gasteiger partial charge on any atom is -0.440 e. The van der Waals surface area contributed by atoms with E-state index in [-0.39, 0.29) is 0 Å². The molecule has 4 N–H and O–H groups in total. The van der Waals surface area contributed by atoms with E-state index in [0.29, 0.717) is 17.8 Å². The third-order valence-corrected chi connectivity index (χ3v) is 3.02. The van der Waals surface area contributed by atoms with Crippen LogP contribution in [-0.4, -0.2) is 11.1 Å². The van der Waals surface area contributed by atoms with Gasteiger partial charge < -0.3 is 16.2 Å². The van der Waals surface area contributed by atoms with Crippen LogP contribution in [-0.2, 0) is 4.74 Å². The fourth-order valence-corrected chi connectivity index (χ4v) is 2.07. The average molecular weight is 283 g/mol. The van der Waals surface area contributed by atoms with Crippen LogP contribution < -0.4 is 11.5 Å². The maximum atomic E-state index is 11.0. The van der Waals surface area contributed by atoms with Gasteiger partial charge >= 0.3 is 6.09 Å². The summed E-state index contributed by atoms with van der Waals surface area (Å²) in [6, 6.07) is 11.2. The molecule has 0 spiro atoms. The number of hydrogen-bond acceptors (Lipinski definition) is 4. The third-order valence-electron chi connectivity index (χ3n) is 3.02. The molecule has 1 aromatic heterocycles. The number of carbonyl (C=O) groups is 1. The van der Waals surface area contributed by atoms with Gasteiger partial charge in [-0.25, -0.2) is 4.79 Å². The first kappa shape index (κ1) is 14.6. The number of nitrogens with zero attached hydrogens (tertiary/aromatic N) is 1. The minimum absolute atomic E-state index is 0.434. The second-order valence-electron chi connectivity index (χ2n) is 4.51. The van der Waals surface area contributed by atoms with Crippen molar-refractivity contribution in [1.82, 2.24) is 4.98 Å². The van der Waals surface area contributed by atoms with Gasteiger partial charge in [-0.3, -0.25) is 4.98 Å². The predicted octanol–water partition coefficient (Wildman–Crippen LogP) is 3.04. The molecule has 1 aromatic carbocycles. The van der Waals surface area contributed by atoms with Crippen molar-refractivity contribution in [2.24, 2.45) is 5.73 Å². The summed E-state index contributed by atoms with van der Waals surface area (Å²) >= 11 is 0. The van der Waals surface area contributed by atoms with Gasteiger partial charge in [0, 0.05) is 23.9 Å². The molecule has 0 saturated heterocycles. The number of carbonyl (C=O) groups excluding carboxylic acids is 1. The Morgan fingerprint density at radius 3 is 2.81 bits per heavy atom. The lowest BCUT2D eigenvalue weighted by Gasteiger charge is -2.15. The molecule has 0 radical (unpaired) electrons. The van der Waals surface area contributed by atoms with Crippen molar-refractivity contribution >= 4 is 11.8 Å². The number of primary amides is 1. The topological polar surface area (TPSA) is 91.2 Å². The number of pyridine rings is 1. The number of nitrogen functional groups attached to an aromatic ring is 1. The van der Waals surface area contributed by atoms with Crippen molar-refractivity contribution in [2.75, 3.05) is 5.73 Å². The number of rotatable bonds is 5. The van der Waals surface area contributed by atoms with Crippen LogP contribution in [0.25, 0.3) is 11.1 Å². The average Bonchev–Trinajstić information content (AvgIpc) is 2.47. The molecule has 1 atom stereocenters. The molecule has 5 heteroatoms. The van der Waals surface area contributed by atoms with Gasteiger partial charge in [0.2, 0.25) is 0 Å². The summed E-state index contributed by atoms with van der Waals surface area (Å²) < 4.78 is 5.07. The van der Waals surface area contributed by atoms with Gasteiger partial charge in [0.05, 0.1) is 5.69 Å². The molecule has 1 heterocycles. The zero-order chi connectivity index (χ0) is 15.2. The third kappa shape index (κ3) is 3.60. The second-order valence-corrected chi connectivity index (χ2v) is 4.51. The highest BCUT2D eigenvalue weighted by atomic mass is 16.6. The monoisotopic (exact) mass is 283 g/mol. The molecule has 21 heavy (non-hydrogen) atoms. The Labute approximate surface area is 123 Å². The highest BCUT2D eigenvalue weighted by molar-refractivity contribution is 5.76. The second kappa shape index (κ2) is 6.56. The quantitative estimate of drug-likeness (QED) is 0.651. The zero-order valence-corrected chi connectivity index (χ0v) is 11.5. The lowest BCUT2D eigenvalue weighted by Crippen LogP contribution is -2.17. The van der Waals surface area contributed by atoms with E-state index in [4.69, 9.17) is 16.2 Å². The number of hydrogen-bond donors (Lipinski definition) is 2. The molecule has 0 fully saturated rings. The standard InChI is InChI=1S/C16H17N3O2/c1-2-5-15(21-16(18)20)14-10-11(8-9-19-14)12-6-3-4-7-13(12)17/h2-4,6-10,15H,1,5,17H2,(H2,18,20). The first-order valence-corrected chi connectivity index (χ1v) is 6.49. The van der Waals surface area contributed by atoms with Crippen LogP contribution >= 0.6 is 0 Å². The van der Waals surface area contributed by atoms with Crippen molar-refractivity contribution in [3.63, 3.8) is 0 Å². The van der Waals surface area contributed by atoms with Crippen LogP contribution in [0.3, 0.4) is 0 Å². The Bertz CT molecular complexity index is 655. The lowest BCUT2D eigenvalue weighted by molar-refractivity contribution is 0.106. The largest absolute Gasteiger partial charge is 0.440 e.